The summed E-state index contributed by atoms with van der Waals surface area (Å²) < 4.78 is 13.3. The van der Waals surface area contributed by atoms with Crippen LogP contribution >= 0.6 is 0 Å². The highest BCUT2D eigenvalue weighted by atomic mass is 19.1. The molecule has 148 valence electrons. The highest BCUT2D eigenvalue weighted by molar-refractivity contribution is 5.90. The third-order valence-electron chi connectivity index (χ3n) is 4.65. The van der Waals surface area contributed by atoms with E-state index < -0.39 is 5.91 Å². The molecular weight excluding hydrogens is 361 g/mol. The third-order valence-corrected chi connectivity index (χ3v) is 4.65. The molecule has 0 saturated carbocycles. The summed E-state index contributed by atoms with van der Waals surface area (Å²) in [6.07, 6.45) is 8.80. The molecule has 1 aliphatic heterocycles. The lowest BCUT2D eigenvalue weighted by atomic mass is 10.0. The van der Waals surface area contributed by atoms with Crippen molar-refractivity contribution >= 4 is 17.8 Å². The van der Waals surface area contributed by atoms with Crippen LogP contribution in [0.5, 0.6) is 0 Å². The van der Waals surface area contributed by atoms with E-state index in [1.54, 1.807) is 24.5 Å². The Morgan fingerprint density at radius 2 is 2.25 bits per heavy atom. The molecule has 7 nitrogen and oxygen atoms in total. The van der Waals surface area contributed by atoms with Gasteiger partial charge in [-0.15, -0.1) is 0 Å². The van der Waals surface area contributed by atoms with E-state index >= 15 is 0 Å². The lowest BCUT2D eigenvalue weighted by Gasteiger charge is -2.33. The number of anilines is 1. The number of piperidine rings is 1. The van der Waals surface area contributed by atoms with Gasteiger partial charge in [0.25, 0.3) is 5.91 Å². The second kappa shape index (κ2) is 9.91. The maximum atomic E-state index is 13.3. The summed E-state index contributed by atoms with van der Waals surface area (Å²) in [5, 5.41) is 11.9. The van der Waals surface area contributed by atoms with Crippen LogP contribution in [0.25, 0.3) is 6.08 Å². The van der Waals surface area contributed by atoms with Gasteiger partial charge in [-0.1, -0.05) is 12.1 Å². The van der Waals surface area contributed by atoms with Crippen LogP contribution in [-0.4, -0.2) is 51.7 Å². The van der Waals surface area contributed by atoms with Crippen molar-refractivity contribution in [3.8, 4) is 0 Å². The minimum Gasteiger partial charge on any atom is -0.365 e. The molecular formula is C20H24FN5O2. The van der Waals surface area contributed by atoms with Gasteiger partial charge in [0.1, 0.15) is 11.6 Å². The SMILES string of the molecule is O=C(C=Cc1cnc(N[C@@H]2CCCN(CCc3cccc(F)c3)C2)cn1)NO. The number of hydroxylamine groups is 1. The van der Waals surface area contributed by atoms with Gasteiger partial charge in [-0.05, 0) is 49.6 Å². The van der Waals surface area contributed by atoms with Crippen LogP contribution in [0.2, 0.25) is 0 Å². The topological polar surface area (TPSA) is 90.4 Å². The van der Waals surface area contributed by atoms with E-state index in [-0.39, 0.29) is 11.9 Å². The van der Waals surface area contributed by atoms with Crippen molar-refractivity contribution in [2.45, 2.75) is 25.3 Å². The maximum Gasteiger partial charge on any atom is 0.267 e. The van der Waals surface area contributed by atoms with Crippen LogP contribution in [0.1, 0.15) is 24.1 Å². The first-order valence-corrected chi connectivity index (χ1v) is 9.30. The number of amides is 1. The summed E-state index contributed by atoms with van der Waals surface area (Å²) in [5.41, 5.74) is 3.05. The lowest BCUT2D eigenvalue weighted by molar-refractivity contribution is -0.124. The normalized spacial score (nSPS) is 17.6. The van der Waals surface area contributed by atoms with Gasteiger partial charge in [0.05, 0.1) is 18.1 Å². The highest BCUT2D eigenvalue weighted by Crippen LogP contribution is 2.15. The molecule has 1 aromatic carbocycles. The number of likely N-dealkylation sites (tertiary alicyclic amines) is 1. The quantitative estimate of drug-likeness (QED) is 0.385. The number of nitrogens with zero attached hydrogens (tertiary/aromatic N) is 3. The van der Waals surface area contributed by atoms with E-state index in [1.807, 2.05) is 6.07 Å². The molecule has 3 rings (SSSR count). The van der Waals surface area contributed by atoms with Crippen molar-refractivity contribution in [2.24, 2.45) is 0 Å². The molecule has 1 atom stereocenters. The molecule has 1 aromatic heterocycles. The molecule has 1 saturated heterocycles. The monoisotopic (exact) mass is 385 g/mol. The zero-order valence-electron chi connectivity index (χ0n) is 15.5. The van der Waals surface area contributed by atoms with Gasteiger partial charge < -0.3 is 10.2 Å². The van der Waals surface area contributed by atoms with Crippen molar-refractivity contribution in [1.29, 1.82) is 0 Å². The first-order chi connectivity index (χ1) is 13.6. The lowest BCUT2D eigenvalue weighted by Crippen LogP contribution is -2.43. The van der Waals surface area contributed by atoms with E-state index in [9.17, 15) is 9.18 Å². The van der Waals surface area contributed by atoms with Crippen LogP contribution in [0, 0.1) is 5.82 Å². The van der Waals surface area contributed by atoms with Gasteiger partial charge in [0.15, 0.2) is 0 Å². The number of halogens is 1. The summed E-state index contributed by atoms with van der Waals surface area (Å²) in [7, 11) is 0. The summed E-state index contributed by atoms with van der Waals surface area (Å²) in [6, 6.07) is 7.04. The van der Waals surface area contributed by atoms with Gasteiger partial charge in [-0.3, -0.25) is 15.0 Å². The fourth-order valence-corrected chi connectivity index (χ4v) is 3.26. The van der Waals surface area contributed by atoms with Gasteiger partial charge >= 0.3 is 0 Å². The van der Waals surface area contributed by atoms with Gasteiger partial charge in [0.2, 0.25) is 0 Å². The number of benzene rings is 1. The Kier molecular flexibility index (Phi) is 7.05. The van der Waals surface area contributed by atoms with Crippen molar-refractivity contribution in [1.82, 2.24) is 20.3 Å². The van der Waals surface area contributed by atoms with E-state index in [2.05, 4.69) is 20.2 Å². The number of nitrogens with one attached hydrogen (secondary N) is 2. The van der Waals surface area contributed by atoms with Crippen LogP contribution < -0.4 is 10.8 Å². The third kappa shape index (κ3) is 6.11. The van der Waals surface area contributed by atoms with Crippen LogP contribution in [0.3, 0.4) is 0 Å². The van der Waals surface area contributed by atoms with Gasteiger partial charge in [-0.25, -0.2) is 14.9 Å². The molecule has 0 spiro atoms. The Balaban J connectivity index is 1.49. The fourth-order valence-electron chi connectivity index (χ4n) is 3.26. The minimum absolute atomic E-state index is 0.190. The van der Waals surface area contributed by atoms with E-state index in [0.717, 1.165) is 44.5 Å². The number of aromatic nitrogens is 2. The second-order valence-electron chi connectivity index (χ2n) is 6.80. The second-order valence-corrected chi connectivity index (χ2v) is 6.80. The molecule has 0 aliphatic carbocycles. The number of hydrogen-bond acceptors (Lipinski definition) is 6. The summed E-state index contributed by atoms with van der Waals surface area (Å²) in [6.45, 7) is 2.83. The van der Waals surface area contributed by atoms with Crippen LogP contribution in [0.15, 0.2) is 42.7 Å². The number of carbonyl (C=O) groups excluding carboxylic acids is 1. The number of hydrogen-bond donors (Lipinski definition) is 3. The Bertz CT molecular complexity index is 812. The van der Waals surface area contributed by atoms with Gasteiger partial charge in [0, 0.05) is 25.2 Å². The van der Waals surface area contributed by atoms with E-state index in [0.29, 0.717) is 11.5 Å². The first-order valence-electron chi connectivity index (χ1n) is 9.30. The predicted molar refractivity (Wildman–Crippen MR) is 104 cm³/mol. The molecule has 1 fully saturated rings. The summed E-state index contributed by atoms with van der Waals surface area (Å²) in [5.74, 6) is -0.130. The first kappa shape index (κ1) is 19.9. The number of rotatable bonds is 7. The molecule has 0 bridgehead atoms. The predicted octanol–water partition coefficient (Wildman–Crippen LogP) is 2.25. The number of carbonyl (C=O) groups is 1. The molecule has 1 amide bonds. The van der Waals surface area contributed by atoms with E-state index in [1.165, 1.54) is 23.7 Å². The Hall–Kier alpha value is -2.84. The fraction of sp³-hybridized carbons (Fsp3) is 0.350. The molecule has 2 aromatic rings. The molecule has 0 radical (unpaired) electrons. The minimum atomic E-state index is -0.621. The van der Waals surface area contributed by atoms with E-state index in [4.69, 9.17) is 5.21 Å². The Morgan fingerprint density at radius 3 is 3.00 bits per heavy atom. The standard InChI is InChI=1S/C20H24FN5O2/c21-16-4-1-3-15(11-16)8-10-26-9-2-5-18(14-26)24-19-13-22-17(12-23-19)6-7-20(27)25-28/h1,3-4,6-7,11-13,18,28H,2,5,8-10,14H2,(H,23,24)(H,25,27)/t18-/m1/s1. The average Bonchev–Trinajstić information content (AvgIpc) is 2.72. The summed E-state index contributed by atoms with van der Waals surface area (Å²) >= 11 is 0. The zero-order chi connectivity index (χ0) is 19.8. The summed E-state index contributed by atoms with van der Waals surface area (Å²) in [4.78, 5) is 21.9. The van der Waals surface area contributed by atoms with Crippen LogP contribution in [-0.2, 0) is 11.2 Å². The molecule has 1 aliphatic rings. The largest absolute Gasteiger partial charge is 0.365 e. The van der Waals surface area contributed by atoms with Crippen molar-refractivity contribution in [3.05, 3.63) is 59.8 Å². The zero-order valence-corrected chi connectivity index (χ0v) is 15.5. The Labute approximate surface area is 163 Å². The highest BCUT2D eigenvalue weighted by Gasteiger charge is 2.20. The molecule has 2 heterocycles. The van der Waals surface area contributed by atoms with Gasteiger partial charge in [-0.2, -0.15) is 0 Å². The van der Waals surface area contributed by atoms with Crippen molar-refractivity contribution in [2.75, 3.05) is 25.0 Å². The maximum absolute atomic E-state index is 13.3. The smallest absolute Gasteiger partial charge is 0.267 e. The average molecular weight is 385 g/mol. The molecule has 28 heavy (non-hydrogen) atoms. The molecule has 8 heteroatoms. The molecule has 3 N–H and O–H groups in total. The van der Waals surface area contributed by atoms with Crippen molar-refractivity contribution < 1.29 is 14.4 Å². The van der Waals surface area contributed by atoms with Crippen molar-refractivity contribution in [3.63, 3.8) is 0 Å². The molecule has 0 unspecified atom stereocenters. The Morgan fingerprint density at radius 1 is 1.36 bits per heavy atom. The van der Waals surface area contributed by atoms with Crippen LogP contribution in [0.4, 0.5) is 10.2 Å².